The summed E-state index contributed by atoms with van der Waals surface area (Å²) in [7, 11) is 0. The molecule has 7 heteroatoms. The lowest BCUT2D eigenvalue weighted by Gasteiger charge is -2.18. The maximum absolute atomic E-state index is 13.1. The highest BCUT2D eigenvalue weighted by Gasteiger charge is 2.42. The molecular formula is C13H14Cl2F2N2O. The number of amides is 1. The molecule has 1 aromatic carbocycles. The summed E-state index contributed by atoms with van der Waals surface area (Å²) in [6.45, 7) is 1.25. The molecule has 0 saturated carbocycles. The van der Waals surface area contributed by atoms with E-state index in [0.29, 0.717) is 15.6 Å². The first-order chi connectivity index (χ1) is 9.28. The fourth-order valence-electron chi connectivity index (χ4n) is 2.14. The third kappa shape index (κ3) is 3.59. The zero-order valence-corrected chi connectivity index (χ0v) is 12.2. The molecule has 3 nitrogen and oxygen atoms in total. The molecule has 1 aliphatic heterocycles. The number of benzene rings is 1. The topological polar surface area (TPSA) is 41.1 Å². The van der Waals surface area contributed by atoms with E-state index in [9.17, 15) is 13.6 Å². The number of halogens is 4. The maximum Gasteiger partial charge on any atom is 0.262 e. The van der Waals surface area contributed by atoms with Gasteiger partial charge in [-0.05, 0) is 30.7 Å². The summed E-state index contributed by atoms with van der Waals surface area (Å²) in [5.74, 6) is -3.30. The number of hydrogen-bond acceptors (Lipinski definition) is 2. The van der Waals surface area contributed by atoms with Gasteiger partial charge in [-0.2, -0.15) is 0 Å². The summed E-state index contributed by atoms with van der Waals surface area (Å²) >= 11 is 11.9. The van der Waals surface area contributed by atoms with Crippen molar-refractivity contribution in [3.63, 3.8) is 0 Å². The molecule has 2 unspecified atom stereocenters. The lowest BCUT2D eigenvalue weighted by Crippen LogP contribution is -2.41. The molecular weight excluding hydrogens is 309 g/mol. The van der Waals surface area contributed by atoms with E-state index < -0.39 is 36.9 Å². The highest BCUT2D eigenvalue weighted by Crippen LogP contribution is 2.28. The summed E-state index contributed by atoms with van der Waals surface area (Å²) in [6.07, 6.45) is -0.491. The van der Waals surface area contributed by atoms with Gasteiger partial charge in [0.15, 0.2) is 0 Å². The SMILES string of the molecule is CC(NC(=O)C1CC(F)(F)CN1)c1cc(Cl)ccc1Cl. The molecule has 0 aliphatic carbocycles. The summed E-state index contributed by atoms with van der Waals surface area (Å²) in [4.78, 5) is 11.9. The van der Waals surface area contributed by atoms with Crippen molar-refractivity contribution < 1.29 is 13.6 Å². The number of carbonyl (C=O) groups excluding carboxylic acids is 1. The van der Waals surface area contributed by atoms with E-state index >= 15 is 0 Å². The number of carbonyl (C=O) groups is 1. The zero-order chi connectivity index (χ0) is 14.9. The van der Waals surface area contributed by atoms with Gasteiger partial charge in [-0.25, -0.2) is 8.78 Å². The van der Waals surface area contributed by atoms with Crippen molar-refractivity contribution in [2.75, 3.05) is 6.54 Å². The van der Waals surface area contributed by atoms with Gasteiger partial charge >= 0.3 is 0 Å². The Labute approximate surface area is 125 Å². The van der Waals surface area contributed by atoms with Crippen molar-refractivity contribution in [2.45, 2.75) is 31.4 Å². The predicted octanol–water partition coefficient (Wildman–Crippen LogP) is 3.17. The van der Waals surface area contributed by atoms with Crippen LogP contribution < -0.4 is 10.6 Å². The second-order valence-electron chi connectivity index (χ2n) is 4.89. The second-order valence-corrected chi connectivity index (χ2v) is 5.73. The molecule has 1 heterocycles. The number of rotatable bonds is 3. The van der Waals surface area contributed by atoms with Crippen molar-refractivity contribution >= 4 is 29.1 Å². The van der Waals surface area contributed by atoms with Gasteiger partial charge in [-0.1, -0.05) is 23.2 Å². The van der Waals surface area contributed by atoms with Crippen LogP contribution in [0.2, 0.25) is 10.0 Å². The fraction of sp³-hybridized carbons (Fsp3) is 0.462. The summed E-state index contributed by atoms with van der Waals surface area (Å²) < 4.78 is 26.1. The fourth-order valence-corrected chi connectivity index (χ4v) is 2.60. The molecule has 20 heavy (non-hydrogen) atoms. The third-order valence-corrected chi connectivity index (χ3v) is 3.79. The van der Waals surface area contributed by atoms with Crippen molar-refractivity contribution in [3.8, 4) is 0 Å². The van der Waals surface area contributed by atoms with Gasteiger partial charge in [-0.3, -0.25) is 10.1 Å². The Kier molecular flexibility index (Phi) is 4.52. The van der Waals surface area contributed by atoms with Crippen LogP contribution in [0.1, 0.15) is 24.9 Å². The molecule has 0 bridgehead atoms. The van der Waals surface area contributed by atoms with E-state index in [4.69, 9.17) is 23.2 Å². The van der Waals surface area contributed by atoms with Crippen LogP contribution in [0.3, 0.4) is 0 Å². The quantitative estimate of drug-likeness (QED) is 0.897. The highest BCUT2D eigenvalue weighted by atomic mass is 35.5. The Bertz CT molecular complexity index is 525. The van der Waals surface area contributed by atoms with Crippen LogP contribution in [0.4, 0.5) is 8.78 Å². The minimum Gasteiger partial charge on any atom is -0.348 e. The minimum atomic E-state index is -2.83. The molecule has 2 rings (SSSR count). The normalized spacial score (nSPS) is 22.6. The van der Waals surface area contributed by atoms with Gasteiger partial charge in [0, 0.05) is 16.5 Å². The molecule has 1 aromatic rings. The Morgan fingerprint density at radius 3 is 2.80 bits per heavy atom. The van der Waals surface area contributed by atoms with E-state index in [2.05, 4.69) is 10.6 Å². The molecule has 1 aliphatic rings. The van der Waals surface area contributed by atoms with Crippen LogP contribution in [0, 0.1) is 0 Å². The molecule has 2 atom stereocenters. The Balaban J connectivity index is 2.03. The maximum atomic E-state index is 13.1. The molecule has 1 amide bonds. The molecule has 1 fully saturated rings. The van der Waals surface area contributed by atoms with Crippen LogP contribution >= 0.6 is 23.2 Å². The molecule has 0 radical (unpaired) electrons. The van der Waals surface area contributed by atoms with Gasteiger partial charge in [0.05, 0.1) is 18.6 Å². The zero-order valence-electron chi connectivity index (χ0n) is 10.7. The van der Waals surface area contributed by atoms with E-state index in [1.807, 2.05) is 0 Å². The van der Waals surface area contributed by atoms with E-state index in [0.717, 1.165) is 0 Å². The molecule has 110 valence electrons. The van der Waals surface area contributed by atoms with Gasteiger partial charge < -0.3 is 5.32 Å². The number of hydrogen-bond donors (Lipinski definition) is 2. The van der Waals surface area contributed by atoms with Crippen molar-refractivity contribution in [2.24, 2.45) is 0 Å². The summed E-state index contributed by atoms with van der Waals surface area (Å²) in [5.41, 5.74) is 0.650. The molecule has 0 spiro atoms. The largest absolute Gasteiger partial charge is 0.348 e. The van der Waals surface area contributed by atoms with E-state index in [1.54, 1.807) is 25.1 Å². The van der Waals surface area contributed by atoms with Gasteiger partial charge in [-0.15, -0.1) is 0 Å². The van der Waals surface area contributed by atoms with Crippen LogP contribution in [-0.2, 0) is 4.79 Å². The second kappa shape index (κ2) is 5.84. The van der Waals surface area contributed by atoms with Gasteiger partial charge in [0.25, 0.3) is 5.92 Å². The lowest BCUT2D eigenvalue weighted by molar-refractivity contribution is -0.124. The lowest BCUT2D eigenvalue weighted by atomic mass is 10.1. The number of alkyl halides is 2. The average Bonchev–Trinajstić information content (AvgIpc) is 2.72. The van der Waals surface area contributed by atoms with E-state index in [1.165, 1.54) is 0 Å². The molecule has 0 aromatic heterocycles. The first kappa shape index (κ1) is 15.5. The van der Waals surface area contributed by atoms with Crippen molar-refractivity contribution in [1.82, 2.24) is 10.6 Å². The van der Waals surface area contributed by atoms with Crippen LogP contribution in [-0.4, -0.2) is 24.4 Å². The number of nitrogens with one attached hydrogen (secondary N) is 2. The van der Waals surface area contributed by atoms with Crippen LogP contribution in [0.15, 0.2) is 18.2 Å². The van der Waals surface area contributed by atoms with Gasteiger partial charge in [0.2, 0.25) is 5.91 Å². The van der Waals surface area contributed by atoms with Gasteiger partial charge in [0.1, 0.15) is 0 Å². The Hall–Kier alpha value is -0.910. The van der Waals surface area contributed by atoms with Crippen LogP contribution in [0.5, 0.6) is 0 Å². The first-order valence-electron chi connectivity index (χ1n) is 6.15. The van der Waals surface area contributed by atoms with Crippen LogP contribution in [0.25, 0.3) is 0 Å². The predicted molar refractivity (Wildman–Crippen MR) is 74.4 cm³/mol. The third-order valence-electron chi connectivity index (χ3n) is 3.21. The highest BCUT2D eigenvalue weighted by molar-refractivity contribution is 6.33. The minimum absolute atomic E-state index is 0.412. The molecule has 2 N–H and O–H groups in total. The first-order valence-corrected chi connectivity index (χ1v) is 6.90. The molecule has 1 saturated heterocycles. The smallest absolute Gasteiger partial charge is 0.262 e. The Morgan fingerprint density at radius 2 is 2.20 bits per heavy atom. The van der Waals surface area contributed by atoms with Crippen molar-refractivity contribution in [1.29, 1.82) is 0 Å². The Morgan fingerprint density at radius 1 is 1.50 bits per heavy atom. The van der Waals surface area contributed by atoms with E-state index in [-0.39, 0.29) is 0 Å². The van der Waals surface area contributed by atoms with Crippen molar-refractivity contribution in [3.05, 3.63) is 33.8 Å². The standard InChI is InChI=1S/C13H14Cl2F2N2O/c1-7(9-4-8(14)2-3-10(9)15)19-12(20)11-5-13(16,17)6-18-11/h2-4,7,11,18H,5-6H2,1H3,(H,19,20). The summed E-state index contributed by atoms with van der Waals surface area (Å²) in [5, 5.41) is 6.14. The summed E-state index contributed by atoms with van der Waals surface area (Å²) in [6, 6.07) is 3.62. The average molecular weight is 323 g/mol. The monoisotopic (exact) mass is 322 g/mol.